The van der Waals surface area contributed by atoms with Crippen molar-refractivity contribution in [3.8, 4) is 0 Å². The molecule has 0 spiro atoms. The highest BCUT2D eigenvalue weighted by Crippen LogP contribution is 2.77. The van der Waals surface area contributed by atoms with Gasteiger partial charge in [-0.05, 0) is 164 Å². The van der Waals surface area contributed by atoms with E-state index in [1.54, 1.807) is 12.1 Å². The predicted octanol–water partition coefficient (Wildman–Crippen LogP) is 10.0. The van der Waals surface area contributed by atoms with Gasteiger partial charge in [0.15, 0.2) is 0 Å². The first-order valence-electron chi connectivity index (χ1n) is 20.4. The Morgan fingerprint density at radius 2 is 1.60 bits per heavy atom. The van der Waals surface area contributed by atoms with Gasteiger partial charge in [0, 0.05) is 32.6 Å². The van der Waals surface area contributed by atoms with Crippen molar-refractivity contribution in [1.82, 2.24) is 10.2 Å². The third kappa shape index (κ3) is 5.48. The number of rotatable bonds is 8. The van der Waals surface area contributed by atoms with Crippen LogP contribution in [0, 0.1) is 56.7 Å². The SMILES string of the molecule is C=C(C)C1CCC2(CNCCC(=O)N3CCCCC3)CCC3(C)C(CCC4C5(C)CC=C(c6ccc(C(=O)O)cc6)C(C)(C)C5CCC43C)C12. The number of aromatic carboxylic acids is 1. The normalized spacial score (nSPS) is 40.5. The number of fused-ring (bicyclic) bond motifs is 7. The first-order chi connectivity index (χ1) is 23.7. The molecule has 7 rings (SSSR count). The Morgan fingerprint density at radius 3 is 2.28 bits per heavy atom. The smallest absolute Gasteiger partial charge is 0.335 e. The molecule has 6 aliphatic rings. The van der Waals surface area contributed by atoms with Crippen LogP contribution in [-0.4, -0.2) is 48.1 Å². The third-order valence-corrected chi connectivity index (χ3v) is 17.0. The van der Waals surface area contributed by atoms with Crippen LogP contribution in [0.1, 0.15) is 141 Å². The van der Waals surface area contributed by atoms with Crippen LogP contribution in [0.15, 0.2) is 42.5 Å². The Morgan fingerprint density at radius 1 is 0.880 bits per heavy atom. The third-order valence-electron chi connectivity index (χ3n) is 17.0. The second-order valence-corrected chi connectivity index (χ2v) is 19.3. The molecule has 1 aromatic carbocycles. The number of likely N-dealkylation sites (tertiary alicyclic amines) is 1. The fraction of sp³-hybridized carbons (Fsp3) is 0.733. The fourth-order valence-corrected chi connectivity index (χ4v) is 14.3. The van der Waals surface area contributed by atoms with Crippen LogP contribution in [0.3, 0.4) is 0 Å². The van der Waals surface area contributed by atoms with Crippen molar-refractivity contribution in [2.45, 2.75) is 125 Å². The summed E-state index contributed by atoms with van der Waals surface area (Å²) < 4.78 is 0. The van der Waals surface area contributed by atoms with Gasteiger partial charge in [0.1, 0.15) is 0 Å². The van der Waals surface area contributed by atoms with Gasteiger partial charge in [0.05, 0.1) is 5.56 Å². The van der Waals surface area contributed by atoms with E-state index in [9.17, 15) is 14.7 Å². The van der Waals surface area contributed by atoms with Gasteiger partial charge >= 0.3 is 5.97 Å². The van der Waals surface area contributed by atoms with Gasteiger partial charge < -0.3 is 15.3 Å². The van der Waals surface area contributed by atoms with Crippen LogP contribution >= 0.6 is 0 Å². The quantitative estimate of drug-likeness (QED) is 0.212. The molecule has 1 saturated heterocycles. The van der Waals surface area contributed by atoms with E-state index in [1.807, 2.05) is 12.1 Å². The van der Waals surface area contributed by atoms with E-state index in [1.165, 1.54) is 74.5 Å². The second-order valence-electron chi connectivity index (χ2n) is 19.3. The van der Waals surface area contributed by atoms with Gasteiger partial charge in [-0.2, -0.15) is 0 Å². The van der Waals surface area contributed by atoms with E-state index in [4.69, 9.17) is 0 Å². The lowest BCUT2D eigenvalue weighted by Crippen LogP contribution is -2.65. The summed E-state index contributed by atoms with van der Waals surface area (Å²) in [7, 11) is 0. The summed E-state index contributed by atoms with van der Waals surface area (Å²) in [6, 6.07) is 7.62. The van der Waals surface area contributed by atoms with Gasteiger partial charge in [0.2, 0.25) is 5.91 Å². The zero-order valence-electron chi connectivity index (χ0n) is 32.2. The number of benzene rings is 1. The maximum atomic E-state index is 13.0. The minimum atomic E-state index is -0.861. The molecule has 5 fully saturated rings. The predicted molar refractivity (Wildman–Crippen MR) is 204 cm³/mol. The molecule has 9 unspecified atom stereocenters. The zero-order valence-corrected chi connectivity index (χ0v) is 32.2. The van der Waals surface area contributed by atoms with Crippen LogP contribution in [0.25, 0.3) is 5.57 Å². The zero-order chi connectivity index (χ0) is 35.7. The Hall–Kier alpha value is -2.40. The van der Waals surface area contributed by atoms with Crippen LogP contribution in [-0.2, 0) is 4.79 Å². The number of carbonyl (C=O) groups excluding carboxylic acids is 1. The lowest BCUT2D eigenvalue weighted by molar-refractivity contribution is -0.225. The summed E-state index contributed by atoms with van der Waals surface area (Å²) in [5.74, 6) is 2.77. The number of nitrogens with one attached hydrogen (secondary N) is 1. The van der Waals surface area contributed by atoms with Gasteiger partial charge in [0.25, 0.3) is 0 Å². The molecule has 0 aromatic heterocycles. The monoisotopic (exact) mass is 683 g/mol. The van der Waals surface area contributed by atoms with Crippen molar-refractivity contribution in [1.29, 1.82) is 0 Å². The Labute approximate surface area is 303 Å². The van der Waals surface area contributed by atoms with E-state index in [0.717, 1.165) is 45.4 Å². The first-order valence-corrected chi connectivity index (χ1v) is 20.4. The lowest BCUT2D eigenvalue weighted by Gasteiger charge is -2.72. The molecular formula is C45H66N2O3. The number of hydrogen-bond donors (Lipinski definition) is 2. The topological polar surface area (TPSA) is 69.6 Å². The van der Waals surface area contributed by atoms with E-state index >= 15 is 0 Å². The molecule has 50 heavy (non-hydrogen) atoms. The fourth-order valence-electron chi connectivity index (χ4n) is 14.3. The Balaban J connectivity index is 1.12. The maximum Gasteiger partial charge on any atom is 0.335 e. The summed E-state index contributed by atoms with van der Waals surface area (Å²) in [5.41, 5.74) is 5.54. The molecule has 5 aliphatic carbocycles. The van der Waals surface area contributed by atoms with Crippen molar-refractivity contribution in [3.05, 3.63) is 53.6 Å². The number of nitrogens with zero attached hydrogens (tertiary/aromatic N) is 1. The highest BCUT2D eigenvalue weighted by molar-refractivity contribution is 5.88. The van der Waals surface area contributed by atoms with Crippen molar-refractivity contribution in [2.75, 3.05) is 26.2 Å². The maximum absolute atomic E-state index is 13.0. The van der Waals surface area contributed by atoms with Gasteiger partial charge in [-0.1, -0.05) is 65.0 Å². The molecule has 2 N–H and O–H groups in total. The molecule has 0 bridgehead atoms. The molecule has 1 amide bonds. The minimum Gasteiger partial charge on any atom is -0.478 e. The number of carboxylic acid groups (broad SMARTS) is 1. The average molecular weight is 683 g/mol. The molecular weight excluding hydrogens is 617 g/mol. The number of carbonyl (C=O) groups is 2. The second kappa shape index (κ2) is 12.9. The van der Waals surface area contributed by atoms with Crippen LogP contribution in [0.5, 0.6) is 0 Å². The molecule has 274 valence electrons. The molecule has 5 heteroatoms. The molecule has 0 radical (unpaired) electrons. The first kappa shape index (κ1) is 36.0. The molecule has 1 heterocycles. The molecule has 9 atom stereocenters. The van der Waals surface area contributed by atoms with Crippen LogP contribution in [0.2, 0.25) is 0 Å². The number of hydrogen-bond acceptors (Lipinski definition) is 3. The van der Waals surface area contributed by atoms with E-state index in [0.29, 0.717) is 63.7 Å². The summed E-state index contributed by atoms with van der Waals surface area (Å²) in [4.78, 5) is 26.6. The van der Waals surface area contributed by atoms with Crippen molar-refractivity contribution in [3.63, 3.8) is 0 Å². The van der Waals surface area contributed by atoms with Gasteiger partial charge in [-0.25, -0.2) is 4.79 Å². The summed E-state index contributed by atoms with van der Waals surface area (Å²) in [6.45, 7) is 23.7. The summed E-state index contributed by atoms with van der Waals surface area (Å²) in [5, 5.41) is 13.4. The number of allylic oxidation sites excluding steroid dienone is 3. The average Bonchev–Trinajstić information content (AvgIpc) is 3.47. The minimum absolute atomic E-state index is 0.0239. The summed E-state index contributed by atoms with van der Waals surface area (Å²) in [6.07, 6.45) is 18.3. The van der Waals surface area contributed by atoms with E-state index < -0.39 is 5.97 Å². The van der Waals surface area contributed by atoms with Gasteiger partial charge in [-0.15, -0.1) is 0 Å². The van der Waals surface area contributed by atoms with Crippen LogP contribution in [0.4, 0.5) is 0 Å². The number of amides is 1. The van der Waals surface area contributed by atoms with Gasteiger partial charge in [-0.3, -0.25) is 4.79 Å². The van der Waals surface area contributed by atoms with E-state index in [2.05, 4.69) is 64.4 Å². The highest BCUT2D eigenvalue weighted by atomic mass is 16.4. The Bertz CT molecular complexity index is 1520. The number of piperidine rings is 1. The standard InChI is InChI=1S/C45H66N2O3/c1-30(2)33-17-23-45(29-46-26-20-38(48)47-27-9-8-10-28-47)25-24-43(6)35(39(33)45)15-16-37-42(5)21-18-34(31-11-13-32(14-12-31)40(49)50)41(3,4)36(42)19-22-44(37,43)7/h11-14,18,33,35-37,39,46H,1,8-10,15-17,19-29H2,2-7H3,(H,49,50). The molecule has 5 nitrogen and oxygen atoms in total. The van der Waals surface area contributed by atoms with E-state index in [-0.39, 0.29) is 10.8 Å². The van der Waals surface area contributed by atoms with Crippen molar-refractivity contribution >= 4 is 17.4 Å². The van der Waals surface area contributed by atoms with Crippen LogP contribution < -0.4 is 5.32 Å². The lowest BCUT2D eigenvalue weighted by atomic mass is 9.32. The molecule has 4 saturated carbocycles. The molecule has 1 aromatic rings. The van der Waals surface area contributed by atoms with Crippen molar-refractivity contribution in [2.24, 2.45) is 56.7 Å². The molecule has 1 aliphatic heterocycles. The summed E-state index contributed by atoms with van der Waals surface area (Å²) >= 11 is 0. The van der Waals surface area contributed by atoms with Crippen molar-refractivity contribution < 1.29 is 14.7 Å². The number of carboxylic acids is 1. The Kier molecular flexibility index (Phi) is 9.30. The largest absolute Gasteiger partial charge is 0.478 e. The highest BCUT2D eigenvalue weighted by Gasteiger charge is 2.70.